The van der Waals surface area contributed by atoms with E-state index in [1.165, 1.54) is 0 Å². The summed E-state index contributed by atoms with van der Waals surface area (Å²) in [6, 6.07) is 16.2. The quantitative estimate of drug-likeness (QED) is 0.897. The van der Waals surface area contributed by atoms with Crippen LogP contribution in [0.25, 0.3) is 0 Å². The lowest BCUT2D eigenvalue weighted by Crippen LogP contribution is -2.44. The smallest absolute Gasteiger partial charge is 0.258 e. The van der Waals surface area contributed by atoms with Crippen LogP contribution in [0.4, 0.5) is 5.69 Å². The molecule has 2 aliphatic rings. The van der Waals surface area contributed by atoms with Crippen LogP contribution in [-0.2, 0) is 0 Å². The zero-order chi connectivity index (χ0) is 16.5. The Balaban J connectivity index is 1.64. The van der Waals surface area contributed by atoms with Gasteiger partial charge in [0, 0.05) is 11.7 Å². The van der Waals surface area contributed by atoms with Gasteiger partial charge in [0.2, 0.25) is 0 Å². The topological polar surface area (TPSA) is 41.6 Å². The summed E-state index contributed by atoms with van der Waals surface area (Å²) in [6.45, 7) is 2.82. The third-order valence-corrected chi connectivity index (χ3v) is 4.57. The van der Waals surface area contributed by atoms with E-state index in [0.717, 1.165) is 48.4 Å². The summed E-state index contributed by atoms with van der Waals surface area (Å²) in [5.41, 5.74) is 2.77. The van der Waals surface area contributed by atoms with Gasteiger partial charge in [-0.15, -0.1) is 0 Å². The van der Waals surface area contributed by atoms with Gasteiger partial charge in [-0.25, -0.2) is 0 Å². The maximum absolute atomic E-state index is 13.0. The zero-order valence-corrected chi connectivity index (χ0v) is 13.9. The monoisotopic (exact) mass is 322 g/mol. The normalized spacial score (nSPS) is 19.6. The first-order valence-electron chi connectivity index (χ1n) is 8.69. The number of hydrogen-bond donors (Lipinski definition) is 1. The molecule has 0 saturated heterocycles. The molecule has 1 unspecified atom stereocenters. The molecule has 1 aliphatic heterocycles. The van der Waals surface area contributed by atoms with Crippen molar-refractivity contribution in [2.45, 2.75) is 38.4 Å². The Morgan fingerprint density at radius 1 is 1.12 bits per heavy atom. The largest absolute Gasteiger partial charge is 0.494 e. The molecular formula is C20H22N2O2. The van der Waals surface area contributed by atoms with Crippen LogP contribution in [0.2, 0.25) is 0 Å². The van der Waals surface area contributed by atoms with Gasteiger partial charge in [-0.3, -0.25) is 4.79 Å². The van der Waals surface area contributed by atoms with Gasteiger partial charge in [-0.2, -0.15) is 0 Å². The molecule has 1 heterocycles. The third-order valence-electron chi connectivity index (χ3n) is 4.57. The Kier molecular flexibility index (Phi) is 3.89. The predicted octanol–water partition coefficient (Wildman–Crippen LogP) is 4.20. The maximum atomic E-state index is 13.0. The van der Waals surface area contributed by atoms with Crippen LogP contribution in [0.15, 0.2) is 48.5 Å². The average Bonchev–Trinajstić information content (AvgIpc) is 3.45. The number of carbonyl (C=O) groups excluding carboxylic acids is 1. The van der Waals surface area contributed by atoms with Gasteiger partial charge in [0.15, 0.2) is 0 Å². The number of rotatable bonds is 5. The SMILES string of the molecule is CCCOc1ccc(C2Nc3ccccc3C(=O)N2C2CC2)cc1. The van der Waals surface area contributed by atoms with Crippen molar-refractivity contribution in [3.05, 3.63) is 59.7 Å². The fraction of sp³-hybridized carbons (Fsp3) is 0.350. The standard InChI is InChI=1S/C20H22N2O2/c1-2-13-24-16-11-7-14(8-12-16)19-21-18-6-4-3-5-17(18)20(23)22(19)15-9-10-15/h3-8,11-12,15,19,21H,2,9-10,13H2,1H3. The van der Waals surface area contributed by atoms with E-state index in [4.69, 9.17) is 4.74 Å². The van der Waals surface area contributed by atoms with E-state index in [1.807, 2.05) is 41.3 Å². The van der Waals surface area contributed by atoms with Crippen molar-refractivity contribution >= 4 is 11.6 Å². The molecule has 4 nitrogen and oxygen atoms in total. The highest BCUT2D eigenvalue weighted by Gasteiger charge is 2.41. The minimum atomic E-state index is -0.111. The van der Waals surface area contributed by atoms with Crippen molar-refractivity contribution in [1.82, 2.24) is 4.90 Å². The Morgan fingerprint density at radius 2 is 1.88 bits per heavy atom. The van der Waals surface area contributed by atoms with E-state index >= 15 is 0 Å². The minimum absolute atomic E-state index is 0.111. The van der Waals surface area contributed by atoms with Crippen molar-refractivity contribution in [2.24, 2.45) is 0 Å². The lowest BCUT2D eigenvalue weighted by molar-refractivity contribution is 0.0666. The van der Waals surface area contributed by atoms with E-state index in [0.29, 0.717) is 6.04 Å². The number of nitrogens with zero attached hydrogens (tertiary/aromatic N) is 1. The molecule has 1 amide bonds. The number of ether oxygens (including phenoxy) is 1. The predicted molar refractivity (Wildman–Crippen MR) is 94.2 cm³/mol. The van der Waals surface area contributed by atoms with Gasteiger partial charge in [0.05, 0.1) is 12.2 Å². The summed E-state index contributed by atoms with van der Waals surface area (Å²) in [5, 5.41) is 3.54. The number of amides is 1. The summed E-state index contributed by atoms with van der Waals surface area (Å²) in [7, 11) is 0. The van der Waals surface area contributed by atoms with Crippen LogP contribution in [0, 0.1) is 0 Å². The molecule has 0 spiro atoms. The van der Waals surface area contributed by atoms with Crippen molar-refractivity contribution in [3.63, 3.8) is 0 Å². The molecule has 1 fully saturated rings. The fourth-order valence-corrected chi connectivity index (χ4v) is 3.21. The first-order chi connectivity index (χ1) is 11.8. The summed E-state index contributed by atoms with van der Waals surface area (Å²) < 4.78 is 5.66. The highest BCUT2D eigenvalue weighted by Crippen LogP contribution is 2.40. The maximum Gasteiger partial charge on any atom is 0.258 e. The van der Waals surface area contributed by atoms with Crippen LogP contribution in [0.1, 0.15) is 48.3 Å². The van der Waals surface area contributed by atoms with Gasteiger partial charge >= 0.3 is 0 Å². The molecule has 0 radical (unpaired) electrons. The van der Waals surface area contributed by atoms with Crippen molar-refractivity contribution < 1.29 is 9.53 Å². The summed E-state index contributed by atoms with van der Waals surface area (Å²) in [4.78, 5) is 15.0. The zero-order valence-electron chi connectivity index (χ0n) is 13.9. The van der Waals surface area contributed by atoms with Gasteiger partial charge < -0.3 is 15.0 Å². The summed E-state index contributed by atoms with van der Waals surface area (Å²) in [6.07, 6.45) is 3.06. The van der Waals surface area contributed by atoms with Gasteiger partial charge in [-0.05, 0) is 49.1 Å². The highest BCUT2D eigenvalue weighted by molar-refractivity contribution is 6.02. The first-order valence-corrected chi connectivity index (χ1v) is 8.69. The van der Waals surface area contributed by atoms with E-state index in [-0.39, 0.29) is 12.1 Å². The Hall–Kier alpha value is -2.49. The van der Waals surface area contributed by atoms with Gasteiger partial charge in [-0.1, -0.05) is 31.2 Å². The van der Waals surface area contributed by atoms with Crippen molar-refractivity contribution in [2.75, 3.05) is 11.9 Å². The number of hydrogen-bond acceptors (Lipinski definition) is 3. The van der Waals surface area contributed by atoms with Crippen molar-refractivity contribution in [3.8, 4) is 5.75 Å². The number of benzene rings is 2. The van der Waals surface area contributed by atoms with Crippen LogP contribution in [0.5, 0.6) is 5.75 Å². The first kappa shape index (κ1) is 15.1. The summed E-state index contributed by atoms with van der Waals surface area (Å²) >= 11 is 0. The highest BCUT2D eigenvalue weighted by atomic mass is 16.5. The molecule has 124 valence electrons. The molecule has 1 saturated carbocycles. The molecule has 4 rings (SSSR count). The average molecular weight is 322 g/mol. The minimum Gasteiger partial charge on any atom is -0.494 e. The molecule has 0 bridgehead atoms. The Morgan fingerprint density at radius 3 is 2.58 bits per heavy atom. The second kappa shape index (κ2) is 6.19. The van der Waals surface area contributed by atoms with Crippen LogP contribution in [0.3, 0.4) is 0 Å². The molecular weight excluding hydrogens is 300 g/mol. The molecule has 4 heteroatoms. The Labute approximate surface area is 142 Å². The van der Waals surface area contributed by atoms with Gasteiger partial charge in [0.1, 0.15) is 11.9 Å². The van der Waals surface area contributed by atoms with E-state index < -0.39 is 0 Å². The molecule has 1 N–H and O–H groups in total. The van der Waals surface area contributed by atoms with Gasteiger partial charge in [0.25, 0.3) is 5.91 Å². The fourth-order valence-electron chi connectivity index (χ4n) is 3.21. The number of carbonyl (C=O) groups is 1. The molecule has 2 aromatic rings. The molecule has 0 aromatic heterocycles. The lowest BCUT2D eigenvalue weighted by Gasteiger charge is -2.38. The molecule has 1 aliphatic carbocycles. The second-order valence-electron chi connectivity index (χ2n) is 6.45. The van der Waals surface area contributed by atoms with Crippen LogP contribution >= 0.6 is 0 Å². The Bertz CT molecular complexity index is 738. The van der Waals surface area contributed by atoms with Crippen LogP contribution in [-0.4, -0.2) is 23.5 Å². The van der Waals surface area contributed by atoms with E-state index in [9.17, 15) is 4.79 Å². The van der Waals surface area contributed by atoms with Crippen LogP contribution < -0.4 is 10.1 Å². The molecule has 24 heavy (non-hydrogen) atoms. The lowest BCUT2D eigenvalue weighted by atomic mass is 10.0. The number of anilines is 1. The third kappa shape index (κ3) is 2.73. The molecule has 1 atom stereocenters. The second-order valence-corrected chi connectivity index (χ2v) is 6.45. The number of fused-ring (bicyclic) bond motifs is 1. The van der Waals surface area contributed by atoms with Crippen molar-refractivity contribution in [1.29, 1.82) is 0 Å². The van der Waals surface area contributed by atoms with E-state index in [1.54, 1.807) is 0 Å². The number of nitrogens with one attached hydrogen (secondary N) is 1. The number of para-hydroxylation sites is 1. The van der Waals surface area contributed by atoms with E-state index in [2.05, 4.69) is 24.4 Å². The molecule has 2 aromatic carbocycles. The summed E-state index contributed by atoms with van der Waals surface area (Å²) in [5.74, 6) is 1.00.